The maximum atomic E-state index is 5.50. The lowest BCUT2D eigenvalue weighted by Crippen LogP contribution is -2.03. The van der Waals surface area contributed by atoms with Crippen molar-refractivity contribution in [3.8, 4) is 0 Å². The highest BCUT2D eigenvalue weighted by Crippen LogP contribution is 1.99. The molecule has 0 aliphatic rings. The van der Waals surface area contributed by atoms with Gasteiger partial charge in [-0.05, 0) is 18.9 Å². The van der Waals surface area contributed by atoms with Gasteiger partial charge < -0.3 is 4.74 Å². The van der Waals surface area contributed by atoms with Crippen molar-refractivity contribution in [1.29, 1.82) is 0 Å². The minimum absolute atomic E-state index is 0.690. The van der Waals surface area contributed by atoms with Gasteiger partial charge in [-0.2, -0.15) is 0 Å². The van der Waals surface area contributed by atoms with Gasteiger partial charge >= 0.3 is 0 Å². The molecule has 0 aliphatic carbocycles. The van der Waals surface area contributed by atoms with E-state index in [4.69, 9.17) is 4.74 Å². The van der Waals surface area contributed by atoms with Gasteiger partial charge in [-0.3, -0.25) is 0 Å². The molecule has 0 saturated heterocycles. The lowest BCUT2D eigenvalue weighted by Gasteiger charge is -2.03. The van der Waals surface area contributed by atoms with Crippen LogP contribution in [0.15, 0.2) is 36.4 Å². The molecule has 0 unspecified atom stereocenters. The number of benzene rings is 1. The van der Waals surface area contributed by atoms with Crippen LogP contribution in [0.2, 0.25) is 0 Å². The van der Waals surface area contributed by atoms with Crippen LogP contribution in [-0.2, 0) is 11.3 Å². The molecule has 0 aromatic heterocycles. The Bertz CT molecular complexity index is 294. The van der Waals surface area contributed by atoms with E-state index in [0.717, 1.165) is 18.2 Å². The summed E-state index contributed by atoms with van der Waals surface area (Å²) in [7, 11) is 3.48. The molecule has 0 bridgehead atoms. The summed E-state index contributed by atoms with van der Waals surface area (Å²) in [5.74, 6) is 0. The van der Waals surface area contributed by atoms with Crippen molar-refractivity contribution >= 4 is 15.4 Å². The van der Waals surface area contributed by atoms with E-state index in [1.54, 1.807) is 0 Å². The molecule has 1 aromatic carbocycles. The Morgan fingerprint density at radius 2 is 2.29 bits per heavy atom. The first kappa shape index (κ1) is 11.2. The average molecular weight is 203 g/mol. The van der Waals surface area contributed by atoms with Crippen LogP contribution >= 0.6 is 0 Å². The van der Waals surface area contributed by atoms with Gasteiger partial charge in [0.05, 0.1) is 23.5 Å². The maximum absolute atomic E-state index is 5.50. The molecule has 0 N–H and O–H groups in total. The van der Waals surface area contributed by atoms with Crippen LogP contribution in [0.3, 0.4) is 0 Å². The number of rotatable bonds is 5. The van der Waals surface area contributed by atoms with Gasteiger partial charge in [0.1, 0.15) is 0 Å². The smallest absolute Gasteiger partial charge is 0.0716 e. The molecule has 73 valence electrons. The molecule has 0 spiro atoms. The van der Waals surface area contributed by atoms with Crippen molar-refractivity contribution < 1.29 is 4.74 Å². The first-order valence-electron chi connectivity index (χ1n) is 4.82. The predicted octanol–water partition coefficient (Wildman–Crippen LogP) is 1.96. The molecule has 0 saturated carbocycles. The van der Waals surface area contributed by atoms with Crippen molar-refractivity contribution in [3.05, 3.63) is 42.0 Å². The molecule has 1 rings (SSSR count). The summed E-state index contributed by atoms with van der Waals surface area (Å²) in [6.45, 7) is 3.50. The quantitative estimate of drug-likeness (QED) is 0.404. The second kappa shape index (κ2) is 6.57. The summed E-state index contributed by atoms with van der Waals surface area (Å²) in [5.41, 5.74) is 1.21. The van der Waals surface area contributed by atoms with Crippen LogP contribution in [0.1, 0.15) is 18.9 Å². The molecule has 2 heteroatoms. The topological polar surface area (TPSA) is 9.23 Å². The number of ether oxygens (including phenoxy) is 1. The summed E-state index contributed by atoms with van der Waals surface area (Å²) < 4.78 is 5.50. The van der Waals surface area contributed by atoms with Gasteiger partial charge in [-0.25, -0.2) is 0 Å². The van der Waals surface area contributed by atoms with E-state index in [1.807, 2.05) is 25.1 Å². The van der Waals surface area contributed by atoms with E-state index in [-0.39, 0.29) is 0 Å². The highest BCUT2D eigenvalue weighted by atomic mass is 28.1. The molecule has 1 nitrogen and oxygen atoms in total. The fourth-order valence-electron chi connectivity index (χ4n) is 1.17. The van der Waals surface area contributed by atoms with Crippen LogP contribution in [-0.4, -0.2) is 16.8 Å². The Kier molecular flexibility index (Phi) is 5.26. The average Bonchev–Trinajstić information content (AvgIpc) is 2.18. The summed E-state index contributed by atoms with van der Waals surface area (Å²) in [6.07, 6.45) is 5.15. The molecular formula is C12H15OSi. The standard InChI is InChI=1S/C12H15OSi/c1-2-3-4-8-13-10-11-6-5-7-12(14)9-11/h2-3,5-7,9H,4,8,10H2,1H3. The lowest BCUT2D eigenvalue weighted by atomic mass is 10.2. The first-order valence-corrected chi connectivity index (χ1v) is 5.32. The first-order chi connectivity index (χ1) is 6.83. The van der Waals surface area contributed by atoms with Crippen molar-refractivity contribution in [3.63, 3.8) is 0 Å². The lowest BCUT2D eigenvalue weighted by molar-refractivity contribution is 0.125. The molecule has 0 aliphatic heterocycles. The normalized spacial score (nSPS) is 11.0. The minimum atomic E-state index is 0.690. The summed E-state index contributed by atoms with van der Waals surface area (Å²) in [6, 6.07) is 8.18. The van der Waals surface area contributed by atoms with E-state index in [2.05, 4.69) is 28.5 Å². The molecule has 0 atom stereocenters. The summed E-state index contributed by atoms with van der Waals surface area (Å²) in [5, 5.41) is 1.10. The van der Waals surface area contributed by atoms with E-state index in [1.165, 1.54) is 5.56 Å². The van der Waals surface area contributed by atoms with E-state index in [9.17, 15) is 0 Å². The summed E-state index contributed by atoms with van der Waals surface area (Å²) in [4.78, 5) is 0. The van der Waals surface area contributed by atoms with Gasteiger partial charge in [-0.1, -0.05) is 41.6 Å². The highest BCUT2D eigenvalue weighted by molar-refractivity contribution is 6.32. The molecule has 0 amide bonds. The maximum Gasteiger partial charge on any atom is 0.0716 e. The fraction of sp³-hybridized carbons (Fsp3) is 0.333. The fourth-order valence-corrected chi connectivity index (χ4v) is 1.45. The monoisotopic (exact) mass is 203 g/mol. The van der Waals surface area contributed by atoms with Gasteiger partial charge in [0.25, 0.3) is 0 Å². The number of hydrogen-bond acceptors (Lipinski definition) is 1. The zero-order chi connectivity index (χ0) is 10.2. The Morgan fingerprint density at radius 3 is 3.00 bits per heavy atom. The largest absolute Gasteiger partial charge is 0.376 e. The van der Waals surface area contributed by atoms with Crippen LogP contribution in [0.25, 0.3) is 0 Å². The number of allylic oxidation sites excluding steroid dienone is 1. The third kappa shape index (κ3) is 4.39. The van der Waals surface area contributed by atoms with E-state index < -0.39 is 0 Å². The molecular weight excluding hydrogens is 188 g/mol. The Labute approximate surface area is 89.2 Å². The van der Waals surface area contributed by atoms with Gasteiger partial charge in [0, 0.05) is 0 Å². The predicted molar refractivity (Wildman–Crippen MR) is 60.9 cm³/mol. The van der Waals surface area contributed by atoms with Crippen LogP contribution < -0.4 is 5.19 Å². The van der Waals surface area contributed by atoms with E-state index >= 15 is 0 Å². The zero-order valence-electron chi connectivity index (χ0n) is 8.49. The van der Waals surface area contributed by atoms with Crippen molar-refractivity contribution in [2.45, 2.75) is 20.0 Å². The summed E-state index contributed by atoms with van der Waals surface area (Å²) >= 11 is 0. The van der Waals surface area contributed by atoms with Crippen molar-refractivity contribution in [2.24, 2.45) is 0 Å². The van der Waals surface area contributed by atoms with Gasteiger partial charge in [0.2, 0.25) is 0 Å². The highest BCUT2D eigenvalue weighted by Gasteiger charge is 1.92. The third-order valence-corrected chi connectivity index (χ3v) is 2.17. The zero-order valence-corrected chi connectivity index (χ0v) is 9.49. The SMILES string of the molecule is CC=CCCOCc1cccc([Si])c1. The van der Waals surface area contributed by atoms with E-state index in [0.29, 0.717) is 6.61 Å². The number of hydrogen-bond donors (Lipinski definition) is 0. The van der Waals surface area contributed by atoms with Crippen LogP contribution in [0, 0.1) is 0 Å². The van der Waals surface area contributed by atoms with Crippen molar-refractivity contribution in [2.75, 3.05) is 6.61 Å². The van der Waals surface area contributed by atoms with Crippen molar-refractivity contribution in [1.82, 2.24) is 0 Å². The molecule has 3 radical (unpaired) electrons. The Hall–Kier alpha value is -0.863. The van der Waals surface area contributed by atoms with Gasteiger partial charge in [0.15, 0.2) is 0 Å². The van der Waals surface area contributed by atoms with Gasteiger partial charge in [-0.15, -0.1) is 0 Å². The third-order valence-electron chi connectivity index (χ3n) is 1.86. The molecule has 0 heterocycles. The van der Waals surface area contributed by atoms with Crippen LogP contribution in [0.4, 0.5) is 0 Å². The Morgan fingerprint density at radius 1 is 1.43 bits per heavy atom. The minimum Gasteiger partial charge on any atom is -0.376 e. The van der Waals surface area contributed by atoms with Crippen LogP contribution in [0.5, 0.6) is 0 Å². The molecule has 0 fully saturated rings. The second-order valence-corrected chi connectivity index (χ2v) is 3.69. The molecule has 14 heavy (non-hydrogen) atoms. The Balaban J connectivity index is 2.24. The molecule has 1 aromatic rings. The second-order valence-electron chi connectivity index (χ2n) is 3.11.